The van der Waals surface area contributed by atoms with Gasteiger partial charge in [0.25, 0.3) is 0 Å². The fourth-order valence-corrected chi connectivity index (χ4v) is 3.47. The monoisotopic (exact) mass is 280 g/mol. The molecule has 1 heterocycles. The van der Waals surface area contributed by atoms with Crippen molar-refractivity contribution in [2.75, 3.05) is 4.90 Å². The molecule has 1 saturated heterocycles. The van der Waals surface area contributed by atoms with Crippen molar-refractivity contribution in [3.8, 4) is 0 Å². The first-order valence-corrected chi connectivity index (χ1v) is 7.73. The van der Waals surface area contributed by atoms with Crippen LogP contribution in [0.15, 0.2) is 18.2 Å². The topological polar surface area (TPSA) is 29.3 Å². The lowest BCUT2D eigenvalue weighted by Crippen LogP contribution is -2.34. The highest BCUT2D eigenvalue weighted by molar-refractivity contribution is 6.33. The van der Waals surface area contributed by atoms with Crippen LogP contribution in [-0.2, 0) is 6.42 Å². The van der Waals surface area contributed by atoms with Crippen molar-refractivity contribution in [2.45, 2.75) is 64.6 Å². The molecule has 1 aliphatic heterocycles. The lowest BCUT2D eigenvalue weighted by molar-refractivity contribution is 0.628. The smallest absolute Gasteiger partial charge is 0.0642 e. The van der Waals surface area contributed by atoms with Gasteiger partial charge in [0.05, 0.1) is 10.7 Å². The van der Waals surface area contributed by atoms with Crippen molar-refractivity contribution >= 4 is 17.3 Å². The fraction of sp³-hybridized carbons (Fsp3) is 0.625. The molecule has 1 aromatic carbocycles. The molecule has 0 bridgehead atoms. The minimum absolute atomic E-state index is 0.177. The van der Waals surface area contributed by atoms with E-state index in [1.165, 1.54) is 30.5 Å². The second-order valence-electron chi connectivity index (χ2n) is 5.86. The van der Waals surface area contributed by atoms with Crippen LogP contribution in [0.3, 0.4) is 0 Å². The van der Waals surface area contributed by atoms with Crippen LogP contribution in [0.2, 0.25) is 5.02 Å². The van der Waals surface area contributed by atoms with Gasteiger partial charge in [0.1, 0.15) is 0 Å². The van der Waals surface area contributed by atoms with Gasteiger partial charge in [-0.25, -0.2) is 0 Å². The second kappa shape index (κ2) is 6.15. The molecule has 3 atom stereocenters. The molecule has 0 radical (unpaired) electrons. The Morgan fingerprint density at radius 1 is 1.42 bits per heavy atom. The van der Waals surface area contributed by atoms with Gasteiger partial charge in [0.15, 0.2) is 0 Å². The van der Waals surface area contributed by atoms with E-state index in [0.29, 0.717) is 12.1 Å². The van der Waals surface area contributed by atoms with Crippen LogP contribution < -0.4 is 10.6 Å². The zero-order chi connectivity index (χ0) is 14.0. The van der Waals surface area contributed by atoms with Crippen molar-refractivity contribution in [2.24, 2.45) is 5.73 Å². The highest BCUT2D eigenvalue weighted by Gasteiger charge is 2.30. The van der Waals surface area contributed by atoms with E-state index >= 15 is 0 Å². The molecule has 1 aromatic rings. The van der Waals surface area contributed by atoms with Crippen LogP contribution in [0.4, 0.5) is 5.69 Å². The SMILES string of the molecule is CCC1CCC(C)N1c1ccc(CC(C)N)cc1Cl. The molecule has 1 fully saturated rings. The number of rotatable bonds is 4. The Morgan fingerprint density at radius 3 is 2.74 bits per heavy atom. The molecular formula is C16H25ClN2. The normalized spacial score (nSPS) is 24.8. The predicted molar refractivity (Wildman–Crippen MR) is 84.1 cm³/mol. The summed E-state index contributed by atoms with van der Waals surface area (Å²) in [4.78, 5) is 2.50. The number of nitrogens with zero attached hydrogens (tertiary/aromatic N) is 1. The number of hydrogen-bond donors (Lipinski definition) is 1. The van der Waals surface area contributed by atoms with Crippen LogP contribution in [0.25, 0.3) is 0 Å². The minimum Gasteiger partial charge on any atom is -0.365 e. The molecule has 2 N–H and O–H groups in total. The van der Waals surface area contributed by atoms with Gasteiger partial charge in [-0.2, -0.15) is 0 Å². The largest absolute Gasteiger partial charge is 0.365 e. The number of anilines is 1. The third-order valence-corrected chi connectivity index (χ3v) is 4.41. The van der Waals surface area contributed by atoms with Crippen molar-refractivity contribution in [3.05, 3.63) is 28.8 Å². The Labute approximate surface area is 121 Å². The van der Waals surface area contributed by atoms with E-state index in [1.54, 1.807) is 0 Å². The van der Waals surface area contributed by atoms with Crippen molar-refractivity contribution < 1.29 is 0 Å². The Balaban J connectivity index is 2.25. The number of halogens is 1. The quantitative estimate of drug-likeness (QED) is 0.903. The molecule has 0 spiro atoms. The van der Waals surface area contributed by atoms with E-state index in [1.807, 2.05) is 6.92 Å². The van der Waals surface area contributed by atoms with Crippen molar-refractivity contribution in [1.29, 1.82) is 0 Å². The number of benzene rings is 1. The Bertz CT molecular complexity index is 431. The average Bonchev–Trinajstić information content (AvgIpc) is 2.70. The first-order valence-electron chi connectivity index (χ1n) is 7.35. The zero-order valence-corrected chi connectivity index (χ0v) is 13.0. The molecule has 3 heteroatoms. The van der Waals surface area contributed by atoms with Gasteiger partial charge in [0.2, 0.25) is 0 Å². The van der Waals surface area contributed by atoms with Gasteiger partial charge in [-0.05, 0) is 57.2 Å². The van der Waals surface area contributed by atoms with E-state index in [0.717, 1.165) is 11.4 Å². The molecule has 0 aliphatic carbocycles. The highest BCUT2D eigenvalue weighted by atomic mass is 35.5. The van der Waals surface area contributed by atoms with Gasteiger partial charge in [0, 0.05) is 18.1 Å². The van der Waals surface area contributed by atoms with Crippen LogP contribution in [-0.4, -0.2) is 18.1 Å². The molecule has 0 saturated carbocycles. The van der Waals surface area contributed by atoms with Crippen LogP contribution in [0.1, 0.15) is 45.6 Å². The van der Waals surface area contributed by atoms with E-state index in [9.17, 15) is 0 Å². The molecule has 0 aromatic heterocycles. The molecule has 3 unspecified atom stereocenters. The molecule has 19 heavy (non-hydrogen) atoms. The van der Waals surface area contributed by atoms with Crippen molar-refractivity contribution in [3.63, 3.8) is 0 Å². The number of hydrogen-bond acceptors (Lipinski definition) is 2. The Hall–Kier alpha value is -0.730. The molecule has 2 rings (SSSR count). The van der Waals surface area contributed by atoms with Gasteiger partial charge in [-0.1, -0.05) is 24.6 Å². The second-order valence-corrected chi connectivity index (χ2v) is 6.27. The summed E-state index contributed by atoms with van der Waals surface area (Å²) in [6.45, 7) is 6.58. The summed E-state index contributed by atoms with van der Waals surface area (Å²) in [6.07, 6.45) is 4.60. The zero-order valence-electron chi connectivity index (χ0n) is 12.2. The molecule has 1 aliphatic rings. The predicted octanol–water partition coefficient (Wildman–Crippen LogP) is 4.00. The molecule has 106 valence electrons. The summed E-state index contributed by atoms with van der Waals surface area (Å²) in [6, 6.07) is 7.81. The van der Waals surface area contributed by atoms with Gasteiger partial charge in [-0.15, -0.1) is 0 Å². The van der Waals surface area contributed by atoms with Crippen LogP contribution in [0.5, 0.6) is 0 Å². The van der Waals surface area contributed by atoms with E-state index in [4.69, 9.17) is 17.3 Å². The minimum atomic E-state index is 0.177. The summed E-state index contributed by atoms with van der Waals surface area (Å²) in [5.74, 6) is 0. The van der Waals surface area contributed by atoms with Crippen LogP contribution in [0, 0.1) is 0 Å². The Kier molecular flexibility index (Phi) is 4.75. The van der Waals surface area contributed by atoms with Crippen LogP contribution >= 0.6 is 11.6 Å². The third kappa shape index (κ3) is 3.24. The highest BCUT2D eigenvalue weighted by Crippen LogP contribution is 2.36. The van der Waals surface area contributed by atoms with E-state index in [2.05, 4.69) is 36.9 Å². The number of nitrogens with two attached hydrogens (primary N) is 1. The summed E-state index contributed by atoms with van der Waals surface area (Å²) in [5.41, 5.74) is 8.26. The fourth-order valence-electron chi connectivity index (χ4n) is 3.17. The first kappa shape index (κ1) is 14.7. The van der Waals surface area contributed by atoms with Crippen molar-refractivity contribution in [1.82, 2.24) is 0 Å². The summed E-state index contributed by atoms with van der Waals surface area (Å²) >= 11 is 6.50. The first-order chi connectivity index (χ1) is 9.02. The van der Waals surface area contributed by atoms with E-state index in [-0.39, 0.29) is 6.04 Å². The maximum absolute atomic E-state index is 6.50. The van der Waals surface area contributed by atoms with Gasteiger partial charge in [-0.3, -0.25) is 0 Å². The third-order valence-electron chi connectivity index (χ3n) is 4.11. The van der Waals surface area contributed by atoms with E-state index < -0.39 is 0 Å². The van der Waals surface area contributed by atoms with Gasteiger partial charge < -0.3 is 10.6 Å². The molecular weight excluding hydrogens is 256 g/mol. The van der Waals surface area contributed by atoms with Gasteiger partial charge >= 0.3 is 0 Å². The standard InChI is InChI=1S/C16H25ClN2/c1-4-14-7-5-12(3)19(14)16-8-6-13(9-11(2)18)10-15(16)17/h6,8,10-12,14H,4-5,7,9,18H2,1-3H3. The summed E-state index contributed by atoms with van der Waals surface area (Å²) in [5, 5.41) is 0.866. The maximum Gasteiger partial charge on any atom is 0.0642 e. The lowest BCUT2D eigenvalue weighted by Gasteiger charge is -2.31. The summed E-state index contributed by atoms with van der Waals surface area (Å²) < 4.78 is 0. The average molecular weight is 281 g/mol. The maximum atomic E-state index is 6.50. The molecule has 2 nitrogen and oxygen atoms in total. The molecule has 0 amide bonds. The lowest BCUT2D eigenvalue weighted by atomic mass is 10.1. The Morgan fingerprint density at radius 2 is 2.16 bits per heavy atom. The summed E-state index contributed by atoms with van der Waals surface area (Å²) in [7, 11) is 0.